The molecule has 0 atom stereocenters. The number of benzene rings is 2. The van der Waals surface area contributed by atoms with Gasteiger partial charge in [-0.2, -0.15) is 0 Å². The van der Waals surface area contributed by atoms with Gasteiger partial charge in [-0.1, -0.05) is 31.4 Å². The summed E-state index contributed by atoms with van der Waals surface area (Å²) in [6, 6.07) is 11.8. The molecule has 0 bridgehead atoms. The standard InChI is InChI=1S/C21H25ClN2O3/c1-4-5-6-13-27-17-10-7-15(8-11-17)20(25)23-16-9-12-19(22)18(14-16)21(26)24(2)3/h7-12,14H,4-6,13H2,1-3H3,(H,23,25). The quantitative estimate of drug-likeness (QED) is 0.657. The van der Waals surface area contributed by atoms with Gasteiger partial charge in [0.15, 0.2) is 0 Å². The Labute approximate surface area is 165 Å². The van der Waals surface area contributed by atoms with Crippen molar-refractivity contribution >= 4 is 29.1 Å². The molecule has 5 nitrogen and oxygen atoms in total. The van der Waals surface area contributed by atoms with E-state index in [1.165, 1.54) is 4.90 Å². The number of ether oxygens (including phenoxy) is 1. The van der Waals surface area contributed by atoms with Crippen molar-refractivity contribution in [1.29, 1.82) is 0 Å². The summed E-state index contributed by atoms with van der Waals surface area (Å²) in [4.78, 5) is 26.0. The fourth-order valence-corrected chi connectivity index (χ4v) is 2.65. The van der Waals surface area contributed by atoms with Crippen molar-refractivity contribution in [2.24, 2.45) is 0 Å². The molecular weight excluding hydrogens is 364 g/mol. The second kappa shape index (κ2) is 9.97. The Morgan fingerprint density at radius 1 is 1.07 bits per heavy atom. The zero-order valence-electron chi connectivity index (χ0n) is 15.9. The number of nitrogens with zero attached hydrogens (tertiary/aromatic N) is 1. The van der Waals surface area contributed by atoms with Crippen LogP contribution in [0.4, 0.5) is 5.69 Å². The molecule has 0 aliphatic rings. The molecule has 27 heavy (non-hydrogen) atoms. The Morgan fingerprint density at radius 3 is 2.41 bits per heavy atom. The lowest BCUT2D eigenvalue weighted by atomic mass is 10.1. The summed E-state index contributed by atoms with van der Waals surface area (Å²) < 4.78 is 5.65. The molecule has 6 heteroatoms. The molecule has 2 aromatic carbocycles. The van der Waals surface area contributed by atoms with E-state index in [1.807, 2.05) is 0 Å². The molecule has 0 fully saturated rings. The maximum absolute atomic E-state index is 12.4. The summed E-state index contributed by atoms with van der Waals surface area (Å²) >= 11 is 6.09. The van der Waals surface area contributed by atoms with E-state index < -0.39 is 0 Å². The number of rotatable bonds is 8. The molecule has 0 unspecified atom stereocenters. The van der Waals surface area contributed by atoms with Gasteiger partial charge in [-0.05, 0) is 48.9 Å². The number of carbonyl (C=O) groups is 2. The molecular formula is C21H25ClN2O3. The van der Waals surface area contributed by atoms with Crippen LogP contribution in [0.1, 0.15) is 46.9 Å². The third-order valence-electron chi connectivity index (χ3n) is 3.99. The Bertz CT molecular complexity index is 789. The van der Waals surface area contributed by atoms with Crippen LogP contribution in [0, 0.1) is 0 Å². The minimum atomic E-state index is -0.266. The van der Waals surface area contributed by atoms with E-state index in [0.717, 1.165) is 25.0 Å². The lowest BCUT2D eigenvalue weighted by molar-refractivity contribution is 0.0827. The summed E-state index contributed by atoms with van der Waals surface area (Å²) in [6.45, 7) is 2.82. The van der Waals surface area contributed by atoms with Crippen LogP contribution >= 0.6 is 11.6 Å². The number of carbonyl (C=O) groups excluding carboxylic acids is 2. The molecule has 0 saturated heterocycles. The maximum Gasteiger partial charge on any atom is 0.255 e. The molecule has 0 spiro atoms. The lowest BCUT2D eigenvalue weighted by Crippen LogP contribution is -2.22. The van der Waals surface area contributed by atoms with E-state index >= 15 is 0 Å². The first-order valence-electron chi connectivity index (χ1n) is 8.97. The van der Waals surface area contributed by atoms with Gasteiger partial charge in [-0.15, -0.1) is 0 Å². The van der Waals surface area contributed by atoms with Crippen LogP contribution in [-0.2, 0) is 0 Å². The van der Waals surface area contributed by atoms with Crippen molar-refractivity contribution in [3.05, 3.63) is 58.6 Å². The van der Waals surface area contributed by atoms with Crippen LogP contribution in [0.5, 0.6) is 5.75 Å². The largest absolute Gasteiger partial charge is 0.494 e. The molecule has 2 rings (SSSR count). The second-order valence-electron chi connectivity index (χ2n) is 6.43. The third-order valence-corrected chi connectivity index (χ3v) is 4.32. The fraction of sp³-hybridized carbons (Fsp3) is 0.333. The van der Waals surface area contributed by atoms with Crippen LogP contribution in [0.3, 0.4) is 0 Å². The molecule has 144 valence electrons. The predicted octanol–water partition coefficient (Wildman–Crippen LogP) is 4.86. The van der Waals surface area contributed by atoms with Gasteiger partial charge in [0, 0.05) is 25.3 Å². The number of amides is 2. The third kappa shape index (κ3) is 6.00. The van der Waals surface area contributed by atoms with Crippen molar-refractivity contribution in [2.45, 2.75) is 26.2 Å². The van der Waals surface area contributed by atoms with Crippen molar-refractivity contribution in [3.63, 3.8) is 0 Å². The van der Waals surface area contributed by atoms with Crippen LogP contribution in [0.2, 0.25) is 5.02 Å². The molecule has 0 aromatic heterocycles. The molecule has 1 N–H and O–H groups in total. The van der Waals surface area contributed by atoms with Crippen molar-refractivity contribution < 1.29 is 14.3 Å². The first-order chi connectivity index (χ1) is 12.9. The molecule has 0 aliphatic carbocycles. The highest BCUT2D eigenvalue weighted by molar-refractivity contribution is 6.34. The molecule has 0 heterocycles. The predicted molar refractivity (Wildman–Crippen MR) is 109 cm³/mol. The van der Waals surface area contributed by atoms with E-state index in [0.29, 0.717) is 28.4 Å². The average molecular weight is 389 g/mol. The second-order valence-corrected chi connectivity index (χ2v) is 6.84. The van der Waals surface area contributed by atoms with E-state index in [-0.39, 0.29) is 11.8 Å². The number of hydrogen-bond donors (Lipinski definition) is 1. The zero-order chi connectivity index (χ0) is 19.8. The van der Waals surface area contributed by atoms with Crippen LogP contribution in [0.15, 0.2) is 42.5 Å². The van der Waals surface area contributed by atoms with Gasteiger partial charge >= 0.3 is 0 Å². The van der Waals surface area contributed by atoms with Gasteiger partial charge in [0.1, 0.15) is 5.75 Å². The zero-order valence-corrected chi connectivity index (χ0v) is 16.7. The Hall–Kier alpha value is -2.53. The average Bonchev–Trinajstić information content (AvgIpc) is 2.66. The van der Waals surface area contributed by atoms with Crippen LogP contribution < -0.4 is 10.1 Å². The van der Waals surface area contributed by atoms with E-state index in [2.05, 4.69) is 12.2 Å². The van der Waals surface area contributed by atoms with E-state index in [9.17, 15) is 9.59 Å². The van der Waals surface area contributed by atoms with Crippen LogP contribution in [-0.4, -0.2) is 37.4 Å². The lowest BCUT2D eigenvalue weighted by Gasteiger charge is -2.13. The van der Waals surface area contributed by atoms with E-state index in [1.54, 1.807) is 56.6 Å². The fourth-order valence-electron chi connectivity index (χ4n) is 2.46. The number of halogens is 1. The van der Waals surface area contributed by atoms with Crippen molar-refractivity contribution in [3.8, 4) is 5.75 Å². The van der Waals surface area contributed by atoms with Gasteiger partial charge in [0.2, 0.25) is 0 Å². The Kier molecular flexibility index (Phi) is 7.67. The van der Waals surface area contributed by atoms with Crippen molar-refractivity contribution in [2.75, 3.05) is 26.0 Å². The van der Waals surface area contributed by atoms with E-state index in [4.69, 9.17) is 16.3 Å². The SMILES string of the molecule is CCCCCOc1ccc(C(=O)Nc2ccc(Cl)c(C(=O)N(C)C)c2)cc1. The van der Waals surface area contributed by atoms with Crippen molar-refractivity contribution in [1.82, 2.24) is 4.90 Å². The Morgan fingerprint density at radius 2 is 1.78 bits per heavy atom. The molecule has 0 aliphatic heterocycles. The number of unbranched alkanes of at least 4 members (excludes halogenated alkanes) is 2. The summed E-state index contributed by atoms with van der Waals surface area (Å²) in [5.41, 5.74) is 1.36. The summed E-state index contributed by atoms with van der Waals surface area (Å²) in [6.07, 6.45) is 3.30. The van der Waals surface area contributed by atoms with Gasteiger partial charge < -0.3 is 15.0 Å². The van der Waals surface area contributed by atoms with Gasteiger partial charge in [-0.3, -0.25) is 9.59 Å². The minimum Gasteiger partial charge on any atom is -0.494 e. The first-order valence-corrected chi connectivity index (χ1v) is 9.35. The number of anilines is 1. The number of nitrogens with one attached hydrogen (secondary N) is 1. The molecule has 2 aromatic rings. The highest BCUT2D eigenvalue weighted by Gasteiger charge is 2.14. The maximum atomic E-state index is 12.4. The highest BCUT2D eigenvalue weighted by atomic mass is 35.5. The highest BCUT2D eigenvalue weighted by Crippen LogP contribution is 2.22. The topological polar surface area (TPSA) is 58.6 Å². The molecule has 0 radical (unpaired) electrons. The molecule has 2 amide bonds. The van der Waals surface area contributed by atoms with Gasteiger partial charge in [0.25, 0.3) is 11.8 Å². The monoisotopic (exact) mass is 388 g/mol. The van der Waals surface area contributed by atoms with Crippen LogP contribution in [0.25, 0.3) is 0 Å². The Balaban J connectivity index is 2.02. The molecule has 0 saturated carbocycles. The number of hydrogen-bond acceptors (Lipinski definition) is 3. The normalized spacial score (nSPS) is 10.4. The summed E-state index contributed by atoms with van der Waals surface area (Å²) in [5, 5.41) is 3.13. The summed E-state index contributed by atoms with van der Waals surface area (Å²) in [7, 11) is 3.30. The van der Waals surface area contributed by atoms with Gasteiger partial charge in [-0.25, -0.2) is 0 Å². The summed E-state index contributed by atoms with van der Waals surface area (Å²) in [5.74, 6) is 0.256. The minimum absolute atomic E-state index is 0.222. The first kappa shape index (κ1) is 20.8. The smallest absolute Gasteiger partial charge is 0.255 e. The van der Waals surface area contributed by atoms with Gasteiger partial charge in [0.05, 0.1) is 17.2 Å².